The molecule has 4 unspecified atom stereocenters. The summed E-state index contributed by atoms with van der Waals surface area (Å²) in [7, 11) is 0. The van der Waals surface area contributed by atoms with Crippen LogP contribution < -0.4 is 5.32 Å². The SMILES string of the molecule is CC1CCCC(O)(C2NCc3ccccc32)C1C. The van der Waals surface area contributed by atoms with Crippen molar-refractivity contribution in [2.45, 2.75) is 51.3 Å². The Morgan fingerprint density at radius 1 is 1.28 bits per heavy atom. The van der Waals surface area contributed by atoms with E-state index in [1.807, 2.05) is 0 Å². The van der Waals surface area contributed by atoms with Gasteiger partial charge < -0.3 is 10.4 Å². The van der Waals surface area contributed by atoms with E-state index in [1.54, 1.807) is 0 Å². The zero-order chi connectivity index (χ0) is 12.8. The lowest BCUT2D eigenvalue weighted by molar-refractivity contribution is -0.0892. The van der Waals surface area contributed by atoms with Crippen molar-refractivity contribution >= 4 is 0 Å². The molecule has 1 aliphatic heterocycles. The van der Waals surface area contributed by atoms with Gasteiger partial charge >= 0.3 is 0 Å². The Morgan fingerprint density at radius 2 is 2.06 bits per heavy atom. The molecule has 2 aliphatic rings. The van der Waals surface area contributed by atoms with Crippen LogP contribution in [0.15, 0.2) is 24.3 Å². The van der Waals surface area contributed by atoms with Crippen molar-refractivity contribution < 1.29 is 5.11 Å². The number of fused-ring (bicyclic) bond motifs is 1. The summed E-state index contributed by atoms with van der Waals surface area (Å²) in [5.74, 6) is 0.966. The van der Waals surface area contributed by atoms with E-state index in [2.05, 4.69) is 43.4 Å². The van der Waals surface area contributed by atoms with Gasteiger partial charge in [-0.15, -0.1) is 0 Å². The molecule has 1 heterocycles. The summed E-state index contributed by atoms with van der Waals surface area (Å²) in [5, 5.41) is 14.7. The molecule has 1 fully saturated rings. The van der Waals surface area contributed by atoms with Crippen LogP contribution in [0.3, 0.4) is 0 Å². The van der Waals surface area contributed by atoms with Gasteiger partial charge in [0.1, 0.15) is 0 Å². The topological polar surface area (TPSA) is 32.3 Å². The number of hydrogen-bond acceptors (Lipinski definition) is 2. The van der Waals surface area contributed by atoms with E-state index < -0.39 is 5.60 Å². The fraction of sp³-hybridized carbons (Fsp3) is 0.625. The quantitative estimate of drug-likeness (QED) is 0.797. The second kappa shape index (κ2) is 4.36. The highest BCUT2D eigenvalue weighted by Crippen LogP contribution is 2.47. The second-order valence-corrected chi connectivity index (χ2v) is 6.16. The van der Waals surface area contributed by atoms with E-state index in [4.69, 9.17) is 0 Å². The number of nitrogens with one attached hydrogen (secondary N) is 1. The normalized spacial score (nSPS) is 39.6. The van der Waals surface area contributed by atoms with Gasteiger partial charge in [-0.2, -0.15) is 0 Å². The molecule has 1 aromatic rings. The minimum absolute atomic E-state index is 0.117. The summed E-state index contributed by atoms with van der Waals surface area (Å²) in [4.78, 5) is 0. The lowest BCUT2D eigenvalue weighted by atomic mass is 9.66. The highest BCUT2D eigenvalue weighted by Gasteiger charge is 2.48. The van der Waals surface area contributed by atoms with E-state index in [0.717, 1.165) is 19.4 Å². The average Bonchev–Trinajstić information content (AvgIpc) is 2.80. The van der Waals surface area contributed by atoms with Crippen LogP contribution in [0, 0.1) is 11.8 Å². The minimum atomic E-state index is -0.579. The maximum atomic E-state index is 11.2. The lowest BCUT2D eigenvalue weighted by Crippen LogP contribution is -2.50. The summed E-state index contributed by atoms with van der Waals surface area (Å²) in [6.07, 6.45) is 3.31. The molecule has 0 radical (unpaired) electrons. The van der Waals surface area contributed by atoms with Crippen LogP contribution >= 0.6 is 0 Å². The third-order valence-corrected chi connectivity index (χ3v) is 5.24. The van der Waals surface area contributed by atoms with Crippen LogP contribution in [0.1, 0.15) is 50.3 Å². The van der Waals surface area contributed by atoms with Crippen molar-refractivity contribution in [3.8, 4) is 0 Å². The molecule has 98 valence electrons. The molecule has 1 aromatic carbocycles. The van der Waals surface area contributed by atoms with Gasteiger partial charge in [0.15, 0.2) is 0 Å². The number of rotatable bonds is 1. The smallest absolute Gasteiger partial charge is 0.0869 e. The molecule has 3 rings (SSSR count). The maximum Gasteiger partial charge on any atom is 0.0869 e. The molecule has 2 N–H and O–H groups in total. The Hall–Kier alpha value is -0.860. The highest BCUT2D eigenvalue weighted by atomic mass is 16.3. The number of benzene rings is 1. The van der Waals surface area contributed by atoms with Gasteiger partial charge in [0.2, 0.25) is 0 Å². The fourth-order valence-electron chi connectivity index (χ4n) is 3.83. The van der Waals surface area contributed by atoms with Crippen molar-refractivity contribution in [1.82, 2.24) is 5.32 Å². The molecular weight excluding hydrogens is 222 g/mol. The van der Waals surface area contributed by atoms with E-state index in [-0.39, 0.29) is 6.04 Å². The van der Waals surface area contributed by atoms with E-state index in [1.165, 1.54) is 17.5 Å². The largest absolute Gasteiger partial charge is 0.388 e. The summed E-state index contributed by atoms with van der Waals surface area (Å²) in [6, 6.07) is 8.62. The van der Waals surface area contributed by atoms with Crippen molar-refractivity contribution in [1.29, 1.82) is 0 Å². The highest BCUT2D eigenvalue weighted by molar-refractivity contribution is 5.36. The van der Waals surface area contributed by atoms with Gasteiger partial charge in [0.25, 0.3) is 0 Å². The summed E-state index contributed by atoms with van der Waals surface area (Å²) in [5.41, 5.74) is 2.08. The molecule has 2 heteroatoms. The fourth-order valence-corrected chi connectivity index (χ4v) is 3.83. The lowest BCUT2D eigenvalue weighted by Gasteiger charge is -2.46. The minimum Gasteiger partial charge on any atom is -0.388 e. The van der Waals surface area contributed by atoms with Crippen LogP contribution in [0.5, 0.6) is 0 Å². The monoisotopic (exact) mass is 245 g/mol. The zero-order valence-electron chi connectivity index (χ0n) is 11.3. The molecule has 18 heavy (non-hydrogen) atoms. The summed E-state index contributed by atoms with van der Waals surface area (Å²) in [6.45, 7) is 5.38. The van der Waals surface area contributed by atoms with Crippen LogP contribution in [-0.4, -0.2) is 10.7 Å². The van der Waals surface area contributed by atoms with Gasteiger partial charge in [-0.1, -0.05) is 51.0 Å². The van der Waals surface area contributed by atoms with Gasteiger partial charge in [-0.05, 0) is 29.4 Å². The van der Waals surface area contributed by atoms with Gasteiger partial charge in [0.05, 0.1) is 11.6 Å². The Labute approximate surface area is 109 Å². The molecule has 0 saturated heterocycles. The molecule has 0 aromatic heterocycles. The van der Waals surface area contributed by atoms with E-state index in [9.17, 15) is 5.11 Å². The summed E-state index contributed by atoms with van der Waals surface area (Å²) >= 11 is 0. The Bertz CT molecular complexity index is 444. The molecule has 2 nitrogen and oxygen atoms in total. The Balaban J connectivity index is 1.95. The summed E-state index contributed by atoms with van der Waals surface area (Å²) < 4.78 is 0. The standard InChI is InChI=1S/C16H23NO/c1-11-6-5-9-16(18,12(11)2)15-14-8-4-3-7-13(14)10-17-15/h3-4,7-8,11-12,15,17-18H,5-6,9-10H2,1-2H3. The molecule has 0 spiro atoms. The first-order valence-electron chi connectivity index (χ1n) is 7.16. The van der Waals surface area contributed by atoms with Crippen LogP contribution in [0.25, 0.3) is 0 Å². The molecular formula is C16H23NO. The molecule has 4 atom stereocenters. The maximum absolute atomic E-state index is 11.2. The molecule has 0 amide bonds. The Kier molecular flexibility index (Phi) is 2.95. The molecule has 0 bridgehead atoms. The van der Waals surface area contributed by atoms with Crippen molar-refractivity contribution in [3.63, 3.8) is 0 Å². The van der Waals surface area contributed by atoms with E-state index in [0.29, 0.717) is 11.8 Å². The predicted octanol–water partition coefficient (Wildman–Crippen LogP) is 3.02. The van der Waals surface area contributed by atoms with Crippen LogP contribution in [-0.2, 0) is 6.54 Å². The van der Waals surface area contributed by atoms with E-state index >= 15 is 0 Å². The second-order valence-electron chi connectivity index (χ2n) is 6.16. The van der Waals surface area contributed by atoms with Crippen molar-refractivity contribution in [2.24, 2.45) is 11.8 Å². The van der Waals surface area contributed by atoms with Gasteiger partial charge in [-0.25, -0.2) is 0 Å². The first-order chi connectivity index (χ1) is 8.63. The average molecular weight is 245 g/mol. The third kappa shape index (κ3) is 1.70. The zero-order valence-corrected chi connectivity index (χ0v) is 11.3. The molecule has 1 aliphatic carbocycles. The van der Waals surface area contributed by atoms with Gasteiger partial charge in [-0.3, -0.25) is 0 Å². The van der Waals surface area contributed by atoms with Crippen molar-refractivity contribution in [2.75, 3.05) is 0 Å². The first-order valence-corrected chi connectivity index (χ1v) is 7.16. The van der Waals surface area contributed by atoms with Crippen LogP contribution in [0.2, 0.25) is 0 Å². The molecule has 1 saturated carbocycles. The number of hydrogen-bond donors (Lipinski definition) is 2. The number of aliphatic hydroxyl groups is 1. The van der Waals surface area contributed by atoms with Crippen LogP contribution in [0.4, 0.5) is 0 Å². The Morgan fingerprint density at radius 3 is 2.89 bits per heavy atom. The van der Waals surface area contributed by atoms with Crippen molar-refractivity contribution in [3.05, 3.63) is 35.4 Å². The third-order valence-electron chi connectivity index (χ3n) is 5.24. The first kappa shape index (κ1) is 12.2. The van der Waals surface area contributed by atoms with Gasteiger partial charge in [0, 0.05) is 6.54 Å². The predicted molar refractivity (Wildman–Crippen MR) is 73.2 cm³/mol.